The molecule has 0 aliphatic carbocycles. The van der Waals surface area contributed by atoms with Crippen molar-refractivity contribution in [1.82, 2.24) is 19.9 Å². The maximum Gasteiger partial charge on any atom is 0.183 e. The van der Waals surface area contributed by atoms with Gasteiger partial charge in [-0.1, -0.05) is 30.7 Å². The predicted molar refractivity (Wildman–Crippen MR) is 112 cm³/mol. The number of piperidine rings is 1. The van der Waals surface area contributed by atoms with Crippen molar-refractivity contribution >= 4 is 21.9 Å². The van der Waals surface area contributed by atoms with E-state index >= 15 is 0 Å². The molecule has 29 heavy (non-hydrogen) atoms. The van der Waals surface area contributed by atoms with Crippen LogP contribution in [0.2, 0.25) is 0 Å². The molecule has 0 atom stereocenters. The topological polar surface area (TPSA) is 88.8 Å². The zero-order valence-corrected chi connectivity index (χ0v) is 16.0. The predicted octanol–water partition coefficient (Wildman–Crippen LogP) is 4.34. The van der Waals surface area contributed by atoms with Gasteiger partial charge in [-0.3, -0.25) is 4.90 Å². The first-order valence-electron chi connectivity index (χ1n) is 9.94. The molecule has 0 saturated carbocycles. The third-order valence-electron chi connectivity index (χ3n) is 5.71. The minimum absolute atomic E-state index is 0.0193. The van der Waals surface area contributed by atoms with E-state index in [1.165, 1.54) is 37.9 Å². The summed E-state index contributed by atoms with van der Waals surface area (Å²) in [4.78, 5) is 14.2. The average Bonchev–Trinajstić information content (AvgIpc) is 3.14. The Hall–Kier alpha value is -3.43. The van der Waals surface area contributed by atoms with Gasteiger partial charge in [0.15, 0.2) is 11.4 Å². The van der Waals surface area contributed by atoms with Gasteiger partial charge >= 0.3 is 0 Å². The lowest BCUT2D eigenvalue weighted by atomic mass is 10.0. The van der Waals surface area contributed by atoms with E-state index in [4.69, 9.17) is 5.26 Å². The zero-order chi connectivity index (χ0) is 19.8. The summed E-state index contributed by atoms with van der Waals surface area (Å²) in [6.07, 6.45) is 7.33. The van der Waals surface area contributed by atoms with Gasteiger partial charge in [-0.05, 0) is 43.1 Å². The van der Waals surface area contributed by atoms with Crippen LogP contribution in [0.3, 0.4) is 0 Å². The summed E-state index contributed by atoms with van der Waals surface area (Å²) >= 11 is 0. The standard InChI is InChI=1S/C23H21N5O/c24-11-19-22(29)21-18-10-17(12-26-23(18)27-20(21)13-25-19)16-6-4-15(5-7-16)14-28-8-2-1-3-9-28/h4-7,10,12-13,29H,1-3,8-9,14H2,(H,26,27). The Labute approximate surface area is 168 Å². The Balaban J connectivity index is 1.50. The Morgan fingerprint density at radius 2 is 1.83 bits per heavy atom. The highest BCUT2D eigenvalue weighted by Gasteiger charge is 2.15. The van der Waals surface area contributed by atoms with Crippen LogP contribution in [0.1, 0.15) is 30.5 Å². The van der Waals surface area contributed by atoms with Crippen LogP contribution in [0, 0.1) is 11.3 Å². The monoisotopic (exact) mass is 383 g/mol. The molecule has 3 aromatic heterocycles. The normalized spacial score (nSPS) is 15.0. The van der Waals surface area contributed by atoms with Crippen molar-refractivity contribution in [3.05, 3.63) is 54.0 Å². The number of H-pyrrole nitrogens is 1. The molecule has 0 spiro atoms. The van der Waals surface area contributed by atoms with Crippen molar-refractivity contribution < 1.29 is 5.11 Å². The largest absolute Gasteiger partial charge is 0.504 e. The molecule has 0 amide bonds. The number of benzene rings is 1. The van der Waals surface area contributed by atoms with Crippen LogP contribution >= 0.6 is 0 Å². The third kappa shape index (κ3) is 3.20. The molecular weight excluding hydrogens is 362 g/mol. The van der Waals surface area contributed by atoms with Crippen LogP contribution in [0.5, 0.6) is 5.75 Å². The number of pyridine rings is 2. The number of aromatic hydroxyl groups is 1. The minimum Gasteiger partial charge on any atom is -0.504 e. The van der Waals surface area contributed by atoms with Crippen molar-refractivity contribution in [2.45, 2.75) is 25.8 Å². The summed E-state index contributed by atoms with van der Waals surface area (Å²) in [5.74, 6) is -0.105. The van der Waals surface area contributed by atoms with Crippen LogP contribution in [0.15, 0.2) is 42.7 Å². The van der Waals surface area contributed by atoms with Crippen LogP contribution in [-0.2, 0) is 6.54 Å². The van der Waals surface area contributed by atoms with Crippen molar-refractivity contribution in [2.24, 2.45) is 0 Å². The number of rotatable bonds is 3. The molecule has 1 fully saturated rings. The number of aromatic amines is 1. The van der Waals surface area contributed by atoms with E-state index in [1.54, 1.807) is 6.20 Å². The summed E-state index contributed by atoms with van der Waals surface area (Å²) in [7, 11) is 0. The van der Waals surface area contributed by atoms with Gasteiger partial charge in [-0.25, -0.2) is 9.97 Å². The third-order valence-corrected chi connectivity index (χ3v) is 5.71. The van der Waals surface area contributed by atoms with Crippen molar-refractivity contribution in [2.75, 3.05) is 13.1 Å². The van der Waals surface area contributed by atoms with Gasteiger partial charge in [-0.2, -0.15) is 5.26 Å². The summed E-state index contributed by atoms with van der Waals surface area (Å²) in [5.41, 5.74) is 4.71. The molecule has 2 N–H and O–H groups in total. The van der Waals surface area contributed by atoms with Crippen LogP contribution in [0.4, 0.5) is 0 Å². The second-order valence-corrected chi connectivity index (χ2v) is 7.63. The second-order valence-electron chi connectivity index (χ2n) is 7.63. The van der Waals surface area contributed by atoms with Crippen LogP contribution in [-0.4, -0.2) is 38.0 Å². The number of fused-ring (bicyclic) bond motifs is 3. The van der Waals surface area contributed by atoms with E-state index < -0.39 is 0 Å². The lowest BCUT2D eigenvalue weighted by Gasteiger charge is -2.26. The number of nitriles is 1. The van der Waals surface area contributed by atoms with Crippen LogP contribution < -0.4 is 0 Å². The number of likely N-dealkylation sites (tertiary alicyclic amines) is 1. The molecule has 6 nitrogen and oxygen atoms in total. The first-order valence-corrected chi connectivity index (χ1v) is 9.94. The lowest BCUT2D eigenvalue weighted by molar-refractivity contribution is 0.221. The maximum absolute atomic E-state index is 10.5. The summed E-state index contributed by atoms with van der Waals surface area (Å²) in [6, 6.07) is 12.5. The van der Waals surface area contributed by atoms with E-state index in [2.05, 4.69) is 44.1 Å². The molecule has 6 heteroatoms. The highest BCUT2D eigenvalue weighted by atomic mass is 16.3. The molecule has 0 bridgehead atoms. The first-order chi connectivity index (χ1) is 14.2. The molecule has 1 aliphatic heterocycles. The molecule has 1 aliphatic rings. The van der Waals surface area contributed by atoms with E-state index in [1.807, 2.05) is 18.3 Å². The first kappa shape index (κ1) is 17.7. The van der Waals surface area contributed by atoms with Crippen molar-refractivity contribution in [3.63, 3.8) is 0 Å². The molecule has 1 aromatic carbocycles. The Bertz CT molecular complexity index is 1230. The number of nitrogens with one attached hydrogen (secondary N) is 1. The van der Waals surface area contributed by atoms with Crippen molar-refractivity contribution in [1.29, 1.82) is 5.26 Å². The Morgan fingerprint density at radius 1 is 1.03 bits per heavy atom. The number of hydrogen-bond donors (Lipinski definition) is 2. The zero-order valence-electron chi connectivity index (χ0n) is 16.0. The number of hydrogen-bond acceptors (Lipinski definition) is 5. The van der Waals surface area contributed by atoms with Gasteiger partial charge in [0.05, 0.1) is 17.1 Å². The van der Waals surface area contributed by atoms with Gasteiger partial charge in [0.25, 0.3) is 0 Å². The molecule has 0 unspecified atom stereocenters. The fourth-order valence-corrected chi connectivity index (χ4v) is 4.17. The van der Waals surface area contributed by atoms with Gasteiger partial charge in [0.2, 0.25) is 0 Å². The highest BCUT2D eigenvalue weighted by molar-refractivity contribution is 6.10. The SMILES string of the molecule is N#Cc1ncc2[nH]c3ncc(-c4ccc(CN5CCCCC5)cc4)cc3c2c1O. The van der Waals surface area contributed by atoms with E-state index in [9.17, 15) is 5.11 Å². The van der Waals surface area contributed by atoms with E-state index in [0.717, 1.165) is 23.1 Å². The Kier molecular flexibility index (Phi) is 4.38. The quantitative estimate of drug-likeness (QED) is 0.549. The Morgan fingerprint density at radius 3 is 2.59 bits per heavy atom. The summed E-state index contributed by atoms with van der Waals surface area (Å²) < 4.78 is 0. The molecule has 4 heterocycles. The molecule has 0 radical (unpaired) electrons. The molecule has 1 saturated heterocycles. The molecular formula is C23H21N5O. The highest BCUT2D eigenvalue weighted by Crippen LogP contribution is 2.35. The molecule has 5 rings (SSSR count). The molecule has 144 valence electrons. The second kappa shape index (κ2) is 7.19. The summed E-state index contributed by atoms with van der Waals surface area (Å²) in [5, 5.41) is 21.0. The van der Waals surface area contributed by atoms with Crippen molar-refractivity contribution in [3.8, 4) is 22.9 Å². The van der Waals surface area contributed by atoms with Gasteiger partial charge in [0, 0.05) is 23.7 Å². The van der Waals surface area contributed by atoms with E-state index in [-0.39, 0.29) is 11.4 Å². The van der Waals surface area contributed by atoms with Crippen LogP contribution in [0.25, 0.3) is 33.1 Å². The summed E-state index contributed by atoms with van der Waals surface area (Å²) in [6.45, 7) is 3.37. The van der Waals surface area contributed by atoms with Gasteiger partial charge < -0.3 is 10.1 Å². The fourth-order valence-electron chi connectivity index (χ4n) is 4.17. The van der Waals surface area contributed by atoms with Gasteiger partial charge in [-0.15, -0.1) is 0 Å². The van der Waals surface area contributed by atoms with E-state index in [0.29, 0.717) is 16.6 Å². The molecule has 4 aromatic rings. The fraction of sp³-hybridized carbons (Fsp3) is 0.261. The van der Waals surface area contributed by atoms with Gasteiger partial charge in [0.1, 0.15) is 11.7 Å². The minimum atomic E-state index is -0.105. The lowest BCUT2D eigenvalue weighted by Crippen LogP contribution is -2.28. The number of aromatic nitrogens is 3. The maximum atomic E-state index is 10.5. The average molecular weight is 383 g/mol. The number of nitrogens with zero attached hydrogens (tertiary/aromatic N) is 4. The smallest absolute Gasteiger partial charge is 0.183 e.